The summed E-state index contributed by atoms with van der Waals surface area (Å²) in [5.41, 5.74) is -0.0847. The molecule has 0 saturated carbocycles. The van der Waals surface area contributed by atoms with E-state index in [-0.39, 0.29) is 5.56 Å². The Morgan fingerprint density at radius 1 is 1.11 bits per heavy atom. The number of carbonyl (C=O) groups is 1. The number of pyridine rings is 1. The monoisotopic (exact) mass is 428 g/mol. The second-order valence-electron chi connectivity index (χ2n) is 5.99. The summed E-state index contributed by atoms with van der Waals surface area (Å²) in [6, 6.07) is 9.33. The smallest absolute Gasteiger partial charge is 0.268 e. The average Bonchev–Trinajstić information content (AvgIpc) is 2.58. The third kappa shape index (κ3) is 4.26. The highest BCUT2D eigenvalue weighted by molar-refractivity contribution is 7.89. The number of nitrogens with one attached hydrogen (secondary N) is 1. The van der Waals surface area contributed by atoms with E-state index < -0.39 is 32.7 Å². The molecular weight excluding hydrogens is 417 g/mol. The molecular formula is C18H12ClF3N2O3S. The van der Waals surface area contributed by atoms with Gasteiger partial charge < -0.3 is 0 Å². The summed E-state index contributed by atoms with van der Waals surface area (Å²) < 4.78 is 63.0. The van der Waals surface area contributed by atoms with Crippen LogP contribution in [0, 0.1) is 0 Å². The van der Waals surface area contributed by atoms with Crippen molar-refractivity contribution in [3.05, 3.63) is 64.8 Å². The van der Waals surface area contributed by atoms with Crippen LogP contribution in [0.5, 0.6) is 0 Å². The van der Waals surface area contributed by atoms with Crippen LogP contribution in [0.15, 0.2) is 48.7 Å². The average molecular weight is 429 g/mol. The van der Waals surface area contributed by atoms with Crippen molar-refractivity contribution in [3.63, 3.8) is 0 Å². The highest BCUT2D eigenvalue weighted by Gasteiger charge is 2.33. The third-order valence-corrected chi connectivity index (χ3v) is 4.72. The van der Waals surface area contributed by atoms with E-state index in [0.717, 1.165) is 12.3 Å². The maximum Gasteiger partial charge on any atom is 0.417 e. The third-order valence-electron chi connectivity index (χ3n) is 3.85. The van der Waals surface area contributed by atoms with Gasteiger partial charge in [0.05, 0.1) is 22.5 Å². The van der Waals surface area contributed by atoms with E-state index in [2.05, 4.69) is 4.98 Å². The molecule has 10 heteroatoms. The zero-order chi connectivity index (χ0) is 20.7. The van der Waals surface area contributed by atoms with Crippen LogP contribution in [0.25, 0.3) is 22.0 Å². The number of nitrogens with zero attached hydrogens (tertiary/aromatic N) is 1. The van der Waals surface area contributed by atoms with E-state index in [4.69, 9.17) is 11.6 Å². The fourth-order valence-electron chi connectivity index (χ4n) is 2.67. The lowest BCUT2D eigenvalue weighted by Crippen LogP contribution is -2.29. The molecule has 0 aliphatic carbocycles. The van der Waals surface area contributed by atoms with Crippen molar-refractivity contribution in [1.29, 1.82) is 0 Å². The van der Waals surface area contributed by atoms with Crippen molar-refractivity contribution in [2.45, 2.75) is 6.18 Å². The molecule has 0 fully saturated rings. The van der Waals surface area contributed by atoms with Gasteiger partial charge in [-0.2, -0.15) is 13.2 Å². The zero-order valence-electron chi connectivity index (χ0n) is 14.2. The molecule has 1 N–H and O–H groups in total. The Balaban J connectivity index is 2.07. The molecule has 1 heterocycles. The summed E-state index contributed by atoms with van der Waals surface area (Å²) in [5, 5.41) is 0.671. The van der Waals surface area contributed by atoms with Gasteiger partial charge >= 0.3 is 6.18 Å². The molecule has 0 saturated heterocycles. The lowest BCUT2D eigenvalue weighted by Gasteiger charge is -2.12. The summed E-state index contributed by atoms with van der Waals surface area (Å²) >= 11 is 5.79. The van der Waals surface area contributed by atoms with Gasteiger partial charge in [0.15, 0.2) is 0 Å². The van der Waals surface area contributed by atoms with Gasteiger partial charge in [0.1, 0.15) is 0 Å². The fourth-order valence-corrected chi connectivity index (χ4v) is 3.41. The Kier molecular flexibility index (Phi) is 5.07. The van der Waals surface area contributed by atoms with Crippen LogP contribution in [0.2, 0.25) is 5.02 Å². The highest BCUT2D eigenvalue weighted by Crippen LogP contribution is 2.37. The molecule has 0 bridgehead atoms. The SMILES string of the molecule is CS(=O)(=O)NC(=O)c1ccc2c(-c3ccc(C(F)(F)F)c(Cl)c3)nccc2c1. The van der Waals surface area contributed by atoms with Crippen molar-refractivity contribution < 1.29 is 26.4 Å². The van der Waals surface area contributed by atoms with Gasteiger partial charge in [-0.15, -0.1) is 0 Å². The Morgan fingerprint density at radius 2 is 1.82 bits per heavy atom. The fraction of sp³-hybridized carbons (Fsp3) is 0.111. The van der Waals surface area contributed by atoms with Crippen molar-refractivity contribution in [2.24, 2.45) is 0 Å². The molecule has 0 radical (unpaired) electrons. The zero-order valence-corrected chi connectivity index (χ0v) is 15.8. The van der Waals surface area contributed by atoms with Gasteiger partial charge in [-0.25, -0.2) is 13.1 Å². The molecule has 0 spiro atoms. The second kappa shape index (κ2) is 7.06. The molecule has 0 aliphatic heterocycles. The first-order valence-electron chi connectivity index (χ1n) is 7.74. The summed E-state index contributed by atoms with van der Waals surface area (Å²) in [4.78, 5) is 16.2. The number of carbonyl (C=O) groups excluding carboxylic acids is 1. The van der Waals surface area contributed by atoms with E-state index in [1.54, 1.807) is 12.1 Å². The number of halogens is 4. The minimum atomic E-state index is -4.57. The lowest BCUT2D eigenvalue weighted by atomic mass is 10.0. The maximum atomic E-state index is 12.9. The molecule has 3 rings (SSSR count). The Bertz CT molecular complexity index is 1190. The lowest BCUT2D eigenvalue weighted by molar-refractivity contribution is -0.137. The Labute approximate surface area is 163 Å². The maximum absolute atomic E-state index is 12.9. The number of benzene rings is 2. The van der Waals surface area contributed by atoms with Crippen LogP contribution in [0.4, 0.5) is 13.2 Å². The van der Waals surface area contributed by atoms with Crippen molar-refractivity contribution >= 4 is 38.3 Å². The first kappa shape index (κ1) is 20.1. The van der Waals surface area contributed by atoms with Crippen LogP contribution in [0.1, 0.15) is 15.9 Å². The number of amides is 1. The van der Waals surface area contributed by atoms with Crippen molar-refractivity contribution in [2.75, 3.05) is 6.26 Å². The largest absolute Gasteiger partial charge is 0.417 e. The number of hydrogen-bond acceptors (Lipinski definition) is 4. The first-order valence-corrected chi connectivity index (χ1v) is 10.0. The quantitative estimate of drug-likeness (QED) is 0.676. The number of alkyl halides is 3. The molecule has 5 nitrogen and oxygen atoms in total. The molecule has 3 aromatic rings. The normalized spacial score (nSPS) is 12.2. The molecule has 0 aliphatic rings. The number of rotatable bonds is 3. The Morgan fingerprint density at radius 3 is 2.43 bits per heavy atom. The van der Waals surface area contributed by atoms with E-state index in [9.17, 15) is 26.4 Å². The van der Waals surface area contributed by atoms with Crippen LogP contribution in [-0.2, 0) is 16.2 Å². The van der Waals surface area contributed by atoms with Crippen molar-refractivity contribution in [1.82, 2.24) is 9.71 Å². The standard InChI is InChI=1S/C18H12ClF3N2O3S/c1-28(26,27)24-17(25)12-2-4-13-10(8-12)6-7-23-16(13)11-3-5-14(15(19)9-11)18(20,21)22/h2-9H,1H3,(H,24,25). The summed E-state index contributed by atoms with van der Waals surface area (Å²) in [6.45, 7) is 0. The van der Waals surface area contributed by atoms with Gasteiger partial charge in [-0.3, -0.25) is 9.78 Å². The van der Waals surface area contributed by atoms with Gasteiger partial charge in [-0.05, 0) is 35.7 Å². The molecule has 1 aromatic heterocycles. The van der Waals surface area contributed by atoms with Gasteiger partial charge in [0.2, 0.25) is 10.0 Å². The number of fused-ring (bicyclic) bond motifs is 1. The summed E-state index contributed by atoms with van der Waals surface area (Å²) in [5.74, 6) is -0.791. The first-order chi connectivity index (χ1) is 13.0. The predicted octanol–water partition coefficient (Wildman–Crippen LogP) is 4.26. The van der Waals surface area contributed by atoms with Crippen LogP contribution >= 0.6 is 11.6 Å². The Hall–Kier alpha value is -2.65. The van der Waals surface area contributed by atoms with Crippen LogP contribution < -0.4 is 4.72 Å². The number of aromatic nitrogens is 1. The molecule has 28 heavy (non-hydrogen) atoms. The molecule has 1 amide bonds. The topological polar surface area (TPSA) is 76.1 Å². The number of hydrogen-bond donors (Lipinski definition) is 1. The summed E-state index contributed by atoms with van der Waals surface area (Å²) in [7, 11) is -3.72. The van der Waals surface area contributed by atoms with Gasteiger partial charge in [0.25, 0.3) is 5.91 Å². The highest BCUT2D eigenvalue weighted by atomic mass is 35.5. The van der Waals surface area contributed by atoms with Crippen LogP contribution in [-0.4, -0.2) is 25.6 Å². The second-order valence-corrected chi connectivity index (χ2v) is 8.15. The minimum Gasteiger partial charge on any atom is -0.268 e. The van der Waals surface area contributed by atoms with Gasteiger partial charge in [0, 0.05) is 22.7 Å². The van der Waals surface area contributed by atoms with E-state index in [0.29, 0.717) is 22.0 Å². The van der Waals surface area contributed by atoms with Gasteiger partial charge in [-0.1, -0.05) is 23.7 Å². The van der Waals surface area contributed by atoms with Crippen molar-refractivity contribution in [3.8, 4) is 11.3 Å². The predicted molar refractivity (Wildman–Crippen MR) is 99.5 cm³/mol. The molecule has 146 valence electrons. The molecule has 0 atom stereocenters. The molecule has 2 aromatic carbocycles. The van der Waals surface area contributed by atoms with E-state index in [1.807, 2.05) is 4.72 Å². The van der Waals surface area contributed by atoms with E-state index >= 15 is 0 Å². The van der Waals surface area contributed by atoms with E-state index in [1.165, 1.54) is 30.5 Å². The molecule has 0 unspecified atom stereocenters. The summed E-state index contributed by atoms with van der Waals surface area (Å²) in [6.07, 6.45) is -2.27. The van der Waals surface area contributed by atoms with Crippen LogP contribution in [0.3, 0.4) is 0 Å². The number of sulfonamides is 1. The minimum absolute atomic E-state index is 0.112.